The Labute approximate surface area is 77.8 Å². The van der Waals surface area contributed by atoms with Crippen LogP contribution in [0.3, 0.4) is 0 Å². The minimum Gasteiger partial charge on any atom is -0.321 e. The van der Waals surface area contributed by atoms with E-state index in [1.807, 2.05) is 24.3 Å². The molecule has 0 aliphatic heterocycles. The lowest BCUT2D eigenvalue weighted by Crippen LogP contribution is -2.18. The summed E-state index contributed by atoms with van der Waals surface area (Å²) >= 11 is 0. The van der Waals surface area contributed by atoms with Crippen LogP contribution in [0.2, 0.25) is 0 Å². The van der Waals surface area contributed by atoms with Gasteiger partial charge in [-0.3, -0.25) is 4.39 Å². The zero-order valence-corrected chi connectivity index (χ0v) is 7.59. The van der Waals surface area contributed by atoms with E-state index >= 15 is 0 Å². The average molecular weight is 179 g/mol. The van der Waals surface area contributed by atoms with Gasteiger partial charge in [0.15, 0.2) is 0 Å². The van der Waals surface area contributed by atoms with Crippen molar-refractivity contribution in [2.24, 2.45) is 5.73 Å². The summed E-state index contributed by atoms with van der Waals surface area (Å²) in [5.41, 5.74) is 8.17. The smallest absolute Gasteiger partial charge is 0.0934 e. The summed E-state index contributed by atoms with van der Waals surface area (Å²) in [4.78, 5) is 0. The lowest BCUT2D eigenvalue weighted by atomic mass is 10.0. The van der Waals surface area contributed by atoms with E-state index < -0.39 is 0 Å². The average Bonchev–Trinajstić information content (AvgIpc) is 2.86. The molecule has 1 saturated carbocycles. The van der Waals surface area contributed by atoms with Gasteiger partial charge in [0, 0.05) is 12.0 Å². The second kappa shape index (κ2) is 3.11. The fourth-order valence-corrected chi connectivity index (χ4v) is 1.57. The van der Waals surface area contributed by atoms with E-state index in [0.717, 1.165) is 18.4 Å². The molecule has 1 aromatic rings. The molecule has 0 amide bonds. The standard InChI is InChI=1S/C11H14FN/c12-7-4-9-2-1-3-10(8-9)11(13)5-6-11/h1-3,8H,4-7,13H2. The summed E-state index contributed by atoms with van der Waals surface area (Å²) in [6, 6.07) is 7.99. The van der Waals surface area contributed by atoms with Crippen LogP contribution in [0, 0.1) is 0 Å². The first-order chi connectivity index (χ1) is 6.24. The number of aryl methyl sites for hydroxylation is 1. The van der Waals surface area contributed by atoms with Gasteiger partial charge in [0.2, 0.25) is 0 Å². The van der Waals surface area contributed by atoms with Crippen LogP contribution in [0.1, 0.15) is 24.0 Å². The van der Waals surface area contributed by atoms with Gasteiger partial charge in [0.1, 0.15) is 0 Å². The monoisotopic (exact) mass is 179 g/mol. The minimum absolute atomic E-state index is 0.0909. The predicted molar refractivity (Wildman–Crippen MR) is 51.2 cm³/mol. The molecule has 0 radical (unpaired) electrons. The largest absolute Gasteiger partial charge is 0.321 e. The van der Waals surface area contributed by atoms with Gasteiger partial charge in [-0.1, -0.05) is 24.3 Å². The highest BCUT2D eigenvalue weighted by atomic mass is 19.1. The van der Waals surface area contributed by atoms with Gasteiger partial charge in [0.25, 0.3) is 0 Å². The Morgan fingerprint density at radius 1 is 1.38 bits per heavy atom. The fourth-order valence-electron chi connectivity index (χ4n) is 1.57. The first-order valence-electron chi connectivity index (χ1n) is 4.69. The van der Waals surface area contributed by atoms with E-state index in [2.05, 4.69) is 0 Å². The number of benzene rings is 1. The third kappa shape index (κ3) is 1.73. The number of hydrogen-bond acceptors (Lipinski definition) is 1. The summed E-state index contributed by atoms with van der Waals surface area (Å²) < 4.78 is 12.1. The van der Waals surface area contributed by atoms with Crippen molar-refractivity contribution >= 4 is 0 Å². The van der Waals surface area contributed by atoms with E-state index in [9.17, 15) is 4.39 Å². The highest BCUT2D eigenvalue weighted by Crippen LogP contribution is 2.42. The topological polar surface area (TPSA) is 26.0 Å². The third-order valence-electron chi connectivity index (χ3n) is 2.67. The van der Waals surface area contributed by atoms with Crippen LogP contribution < -0.4 is 5.73 Å². The van der Waals surface area contributed by atoms with Crippen LogP contribution in [0.15, 0.2) is 24.3 Å². The molecular formula is C11H14FN. The number of alkyl halides is 1. The van der Waals surface area contributed by atoms with Gasteiger partial charge >= 0.3 is 0 Å². The molecule has 1 aliphatic carbocycles. The van der Waals surface area contributed by atoms with E-state index in [-0.39, 0.29) is 12.2 Å². The molecule has 0 saturated heterocycles. The van der Waals surface area contributed by atoms with E-state index in [4.69, 9.17) is 5.73 Å². The summed E-state index contributed by atoms with van der Waals surface area (Å²) in [6.07, 6.45) is 2.63. The van der Waals surface area contributed by atoms with Crippen LogP contribution in [-0.2, 0) is 12.0 Å². The van der Waals surface area contributed by atoms with Gasteiger partial charge < -0.3 is 5.73 Å². The molecule has 0 atom stereocenters. The predicted octanol–water partition coefficient (Wildman–Crippen LogP) is 2.15. The van der Waals surface area contributed by atoms with E-state index in [1.54, 1.807) is 0 Å². The summed E-state index contributed by atoms with van der Waals surface area (Å²) in [6.45, 7) is -0.291. The Bertz CT molecular complexity index is 305. The Morgan fingerprint density at radius 2 is 2.15 bits per heavy atom. The lowest BCUT2D eigenvalue weighted by Gasteiger charge is -2.09. The zero-order chi connectivity index (χ0) is 9.31. The molecule has 1 aliphatic rings. The maximum atomic E-state index is 12.1. The molecule has 2 N–H and O–H groups in total. The van der Waals surface area contributed by atoms with Crippen LogP contribution in [0.5, 0.6) is 0 Å². The van der Waals surface area contributed by atoms with Crippen molar-refractivity contribution in [2.45, 2.75) is 24.8 Å². The fraction of sp³-hybridized carbons (Fsp3) is 0.455. The summed E-state index contributed by atoms with van der Waals surface area (Å²) in [7, 11) is 0. The molecule has 13 heavy (non-hydrogen) atoms. The SMILES string of the molecule is NC1(c2cccc(CCF)c2)CC1. The molecule has 1 nitrogen and oxygen atoms in total. The molecule has 0 spiro atoms. The van der Waals surface area contributed by atoms with Crippen LogP contribution >= 0.6 is 0 Å². The van der Waals surface area contributed by atoms with Crippen molar-refractivity contribution in [3.8, 4) is 0 Å². The highest BCUT2D eigenvalue weighted by molar-refractivity contribution is 5.33. The Kier molecular flexibility index (Phi) is 2.08. The normalized spacial score (nSPS) is 18.6. The van der Waals surface area contributed by atoms with Crippen LogP contribution in [0.4, 0.5) is 4.39 Å². The van der Waals surface area contributed by atoms with E-state index in [0.29, 0.717) is 6.42 Å². The van der Waals surface area contributed by atoms with Crippen molar-refractivity contribution < 1.29 is 4.39 Å². The third-order valence-corrected chi connectivity index (χ3v) is 2.67. The first kappa shape index (κ1) is 8.70. The van der Waals surface area contributed by atoms with Crippen molar-refractivity contribution in [1.82, 2.24) is 0 Å². The van der Waals surface area contributed by atoms with Crippen molar-refractivity contribution in [1.29, 1.82) is 0 Å². The highest BCUT2D eigenvalue weighted by Gasteiger charge is 2.39. The van der Waals surface area contributed by atoms with Gasteiger partial charge in [-0.05, 0) is 24.0 Å². The summed E-state index contributed by atoms with van der Waals surface area (Å²) in [5.74, 6) is 0. The van der Waals surface area contributed by atoms with E-state index in [1.165, 1.54) is 5.56 Å². The number of halogens is 1. The molecule has 2 heteroatoms. The molecule has 2 rings (SSSR count). The maximum Gasteiger partial charge on any atom is 0.0934 e. The van der Waals surface area contributed by atoms with Crippen molar-refractivity contribution in [2.75, 3.05) is 6.67 Å². The zero-order valence-electron chi connectivity index (χ0n) is 7.59. The van der Waals surface area contributed by atoms with Gasteiger partial charge in [-0.25, -0.2) is 0 Å². The summed E-state index contributed by atoms with van der Waals surface area (Å²) in [5, 5.41) is 0. The Hall–Kier alpha value is -0.890. The van der Waals surface area contributed by atoms with Crippen LogP contribution in [0.25, 0.3) is 0 Å². The molecule has 0 bridgehead atoms. The van der Waals surface area contributed by atoms with Crippen molar-refractivity contribution in [3.05, 3.63) is 35.4 Å². The number of hydrogen-bond donors (Lipinski definition) is 1. The molecule has 1 fully saturated rings. The molecule has 0 unspecified atom stereocenters. The van der Waals surface area contributed by atoms with Gasteiger partial charge in [0.05, 0.1) is 6.67 Å². The lowest BCUT2D eigenvalue weighted by molar-refractivity contribution is 0.495. The first-order valence-corrected chi connectivity index (χ1v) is 4.69. The second-order valence-corrected chi connectivity index (χ2v) is 3.80. The van der Waals surface area contributed by atoms with Crippen LogP contribution in [-0.4, -0.2) is 6.67 Å². The van der Waals surface area contributed by atoms with Crippen molar-refractivity contribution in [3.63, 3.8) is 0 Å². The quantitative estimate of drug-likeness (QED) is 0.756. The molecular weight excluding hydrogens is 165 g/mol. The van der Waals surface area contributed by atoms with Gasteiger partial charge in [-0.2, -0.15) is 0 Å². The number of nitrogens with two attached hydrogens (primary N) is 1. The maximum absolute atomic E-state index is 12.1. The molecule has 0 aromatic heterocycles. The molecule has 0 heterocycles. The molecule has 1 aromatic carbocycles. The minimum atomic E-state index is -0.291. The van der Waals surface area contributed by atoms with Gasteiger partial charge in [-0.15, -0.1) is 0 Å². The number of rotatable bonds is 3. The Morgan fingerprint density at radius 3 is 2.77 bits per heavy atom. The molecule has 70 valence electrons. The second-order valence-electron chi connectivity index (χ2n) is 3.80. The Balaban J connectivity index is 2.22.